The Morgan fingerprint density at radius 3 is 2.61 bits per heavy atom. The largest absolute Gasteiger partial charge is 0.385 e. The van der Waals surface area contributed by atoms with Gasteiger partial charge in [-0.1, -0.05) is 22.0 Å². The highest BCUT2D eigenvalue weighted by molar-refractivity contribution is 9.10. The van der Waals surface area contributed by atoms with Crippen LogP contribution in [0.2, 0.25) is 0 Å². The van der Waals surface area contributed by atoms with Crippen LogP contribution >= 0.6 is 28.1 Å². The van der Waals surface area contributed by atoms with Crippen LogP contribution in [-0.2, 0) is 4.74 Å². The van der Waals surface area contributed by atoms with Gasteiger partial charge in [0.05, 0.1) is 17.8 Å². The lowest BCUT2D eigenvalue weighted by Crippen LogP contribution is -2.31. The van der Waals surface area contributed by atoms with E-state index < -0.39 is 0 Å². The van der Waals surface area contributed by atoms with E-state index in [4.69, 9.17) is 17.0 Å². The predicted octanol–water partition coefficient (Wildman–Crippen LogP) is 5.26. The van der Waals surface area contributed by atoms with Crippen LogP contribution in [0.1, 0.15) is 41.1 Å². The van der Waals surface area contributed by atoms with Crippen LogP contribution in [-0.4, -0.2) is 39.8 Å². The fraction of sp³-hybridized carbons (Fsp3) is 0.333. The van der Waals surface area contributed by atoms with Crippen LogP contribution < -0.4 is 5.32 Å². The fourth-order valence-electron chi connectivity index (χ4n) is 4.44. The zero-order chi connectivity index (χ0) is 22.0. The SMILES string of the molecule is COCCCN1C(=S)N[C@@H](c2ccccn2)[C@H]1c1cc(C)n(-c2ccc(Br)cc2)c1C. The number of hydrogen-bond donors (Lipinski definition) is 1. The lowest BCUT2D eigenvalue weighted by molar-refractivity contribution is 0.180. The first kappa shape index (κ1) is 22.0. The van der Waals surface area contributed by atoms with Gasteiger partial charge in [0.25, 0.3) is 0 Å². The number of benzene rings is 1. The van der Waals surface area contributed by atoms with Crippen molar-refractivity contribution in [1.82, 2.24) is 19.8 Å². The fourth-order valence-corrected chi connectivity index (χ4v) is 5.03. The Bertz CT molecular complexity index is 1050. The minimum atomic E-state index is -0.00453. The van der Waals surface area contributed by atoms with Crippen LogP contribution in [0.3, 0.4) is 0 Å². The van der Waals surface area contributed by atoms with E-state index in [2.05, 4.69) is 85.9 Å². The quantitative estimate of drug-likeness (QED) is 0.355. The van der Waals surface area contributed by atoms with Crippen LogP contribution in [0, 0.1) is 13.8 Å². The number of nitrogens with one attached hydrogen (secondary N) is 1. The van der Waals surface area contributed by atoms with Gasteiger partial charge in [-0.2, -0.15) is 0 Å². The lowest BCUT2D eigenvalue weighted by atomic mass is 9.96. The highest BCUT2D eigenvalue weighted by Gasteiger charge is 2.41. The molecule has 1 aliphatic rings. The molecular formula is C24H27BrN4OS. The number of halogens is 1. The van der Waals surface area contributed by atoms with Crippen molar-refractivity contribution >= 4 is 33.3 Å². The van der Waals surface area contributed by atoms with Crippen LogP contribution in [0.15, 0.2) is 59.2 Å². The molecule has 0 bridgehead atoms. The van der Waals surface area contributed by atoms with Crippen molar-refractivity contribution in [2.45, 2.75) is 32.4 Å². The number of rotatable bonds is 7. The van der Waals surface area contributed by atoms with E-state index >= 15 is 0 Å². The molecule has 162 valence electrons. The minimum absolute atomic E-state index is 0.00453. The first-order valence-corrected chi connectivity index (χ1v) is 11.6. The van der Waals surface area contributed by atoms with Gasteiger partial charge in [0.1, 0.15) is 0 Å². The number of methoxy groups -OCH3 is 1. The summed E-state index contributed by atoms with van der Waals surface area (Å²) in [6, 6.07) is 16.8. The maximum atomic E-state index is 5.77. The normalized spacial score (nSPS) is 18.5. The first-order chi connectivity index (χ1) is 15.0. The van der Waals surface area contributed by atoms with Gasteiger partial charge in [-0.25, -0.2) is 0 Å². The van der Waals surface area contributed by atoms with Gasteiger partial charge < -0.3 is 19.5 Å². The van der Waals surface area contributed by atoms with E-state index in [0.29, 0.717) is 6.61 Å². The van der Waals surface area contributed by atoms with Gasteiger partial charge in [-0.15, -0.1) is 0 Å². The van der Waals surface area contributed by atoms with Crippen LogP contribution in [0.4, 0.5) is 0 Å². The van der Waals surface area contributed by atoms with Gasteiger partial charge in [0.2, 0.25) is 0 Å². The maximum Gasteiger partial charge on any atom is 0.170 e. The zero-order valence-electron chi connectivity index (χ0n) is 18.0. The van der Waals surface area contributed by atoms with E-state index in [1.165, 1.54) is 17.0 Å². The number of ether oxygens (including phenoxy) is 1. The molecule has 0 unspecified atom stereocenters. The van der Waals surface area contributed by atoms with Crippen molar-refractivity contribution < 1.29 is 4.74 Å². The summed E-state index contributed by atoms with van der Waals surface area (Å²) in [6.45, 7) is 5.88. The maximum absolute atomic E-state index is 5.77. The van der Waals surface area contributed by atoms with E-state index in [9.17, 15) is 0 Å². The zero-order valence-corrected chi connectivity index (χ0v) is 20.4. The summed E-state index contributed by atoms with van der Waals surface area (Å²) in [7, 11) is 1.74. The molecule has 2 aromatic heterocycles. The van der Waals surface area contributed by atoms with E-state index in [1.54, 1.807) is 7.11 Å². The highest BCUT2D eigenvalue weighted by atomic mass is 79.9. The molecule has 0 spiro atoms. The Morgan fingerprint density at radius 2 is 1.94 bits per heavy atom. The Balaban J connectivity index is 1.78. The number of nitrogens with zero attached hydrogens (tertiary/aromatic N) is 3. The van der Waals surface area contributed by atoms with E-state index in [-0.39, 0.29) is 12.1 Å². The Morgan fingerprint density at radius 1 is 1.16 bits per heavy atom. The van der Waals surface area contributed by atoms with E-state index in [1.807, 2.05) is 18.3 Å². The minimum Gasteiger partial charge on any atom is -0.385 e. The van der Waals surface area contributed by atoms with Crippen molar-refractivity contribution in [2.24, 2.45) is 0 Å². The molecule has 7 heteroatoms. The molecule has 1 aliphatic heterocycles. The molecule has 0 aliphatic carbocycles. The molecule has 0 amide bonds. The van der Waals surface area contributed by atoms with Gasteiger partial charge in [-0.05, 0) is 80.5 Å². The standard InChI is InChI=1S/C24H27BrN4OS/c1-16-15-20(17(2)29(16)19-10-8-18(25)9-11-19)23-22(21-7-4-5-12-26-21)27-24(31)28(23)13-6-14-30-3/h4-5,7-12,15,22-23H,6,13-14H2,1-3H3,(H,27,31)/t22-,23+/m0/s1. The van der Waals surface area contributed by atoms with Gasteiger partial charge in [0, 0.05) is 48.0 Å². The highest BCUT2D eigenvalue weighted by Crippen LogP contribution is 2.41. The van der Waals surface area contributed by atoms with Crippen LogP contribution in [0.5, 0.6) is 0 Å². The number of aromatic nitrogens is 2. The monoisotopic (exact) mass is 498 g/mol. The third kappa shape index (κ3) is 4.40. The number of pyridine rings is 1. The van der Waals surface area contributed by atoms with Crippen molar-refractivity contribution in [3.63, 3.8) is 0 Å². The molecule has 5 nitrogen and oxygen atoms in total. The molecule has 0 saturated carbocycles. The number of hydrogen-bond acceptors (Lipinski definition) is 3. The third-order valence-corrected chi connectivity index (χ3v) is 6.70. The van der Waals surface area contributed by atoms with Gasteiger partial charge in [0.15, 0.2) is 5.11 Å². The number of aryl methyl sites for hydroxylation is 1. The summed E-state index contributed by atoms with van der Waals surface area (Å²) in [5, 5.41) is 4.31. The smallest absolute Gasteiger partial charge is 0.170 e. The second kappa shape index (κ2) is 9.51. The van der Waals surface area contributed by atoms with E-state index in [0.717, 1.165) is 33.9 Å². The van der Waals surface area contributed by atoms with Crippen molar-refractivity contribution in [3.05, 3.63) is 81.8 Å². The molecule has 3 heterocycles. The predicted molar refractivity (Wildman–Crippen MR) is 132 cm³/mol. The lowest BCUT2D eigenvalue weighted by Gasteiger charge is -2.28. The second-order valence-electron chi connectivity index (χ2n) is 7.80. The second-order valence-corrected chi connectivity index (χ2v) is 9.11. The molecule has 0 radical (unpaired) electrons. The molecule has 31 heavy (non-hydrogen) atoms. The van der Waals surface area contributed by atoms with Crippen LogP contribution in [0.25, 0.3) is 5.69 Å². The van der Waals surface area contributed by atoms with Crippen molar-refractivity contribution in [2.75, 3.05) is 20.3 Å². The average molecular weight is 499 g/mol. The summed E-state index contributed by atoms with van der Waals surface area (Å²) in [5.41, 5.74) is 5.83. The number of thiocarbonyl (C=S) groups is 1. The third-order valence-electron chi connectivity index (χ3n) is 5.82. The van der Waals surface area contributed by atoms with Gasteiger partial charge in [-0.3, -0.25) is 4.98 Å². The van der Waals surface area contributed by atoms with Crippen molar-refractivity contribution in [1.29, 1.82) is 0 Å². The van der Waals surface area contributed by atoms with Gasteiger partial charge >= 0.3 is 0 Å². The molecule has 1 fully saturated rings. The molecule has 1 aromatic carbocycles. The Kier molecular flexibility index (Phi) is 6.74. The molecular weight excluding hydrogens is 472 g/mol. The summed E-state index contributed by atoms with van der Waals surface area (Å²) < 4.78 is 8.68. The molecule has 1 saturated heterocycles. The molecule has 4 rings (SSSR count). The molecule has 3 aromatic rings. The summed E-state index contributed by atoms with van der Waals surface area (Å²) in [4.78, 5) is 6.94. The average Bonchev–Trinajstić information content (AvgIpc) is 3.25. The summed E-state index contributed by atoms with van der Waals surface area (Å²) >= 11 is 9.31. The van der Waals surface area contributed by atoms with Crippen molar-refractivity contribution in [3.8, 4) is 5.69 Å². The summed E-state index contributed by atoms with van der Waals surface area (Å²) in [5.74, 6) is 0. The molecule has 1 N–H and O–H groups in total. The first-order valence-electron chi connectivity index (χ1n) is 10.4. The Hall–Kier alpha value is -2.22. The topological polar surface area (TPSA) is 42.3 Å². The molecule has 2 atom stereocenters. The Labute approximate surface area is 197 Å². The summed E-state index contributed by atoms with van der Waals surface area (Å²) in [6.07, 6.45) is 2.75.